The minimum Gasteiger partial charge on any atom is -0.398 e. The highest BCUT2D eigenvalue weighted by Crippen LogP contribution is 2.40. The number of hydrogen-bond acceptors (Lipinski definition) is 3. The molecule has 1 aliphatic rings. The molecule has 98 valence electrons. The monoisotopic (exact) mass is 254 g/mol. The Balaban J connectivity index is 1.98. The van der Waals surface area contributed by atoms with Crippen molar-refractivity contribution >= 4 is 5.69 Å². The van der Waals surface area contributed by atoms with Gasteiger partial charge in [0.25, 0.3) is 0 Å². The Kier molecular flexibility index (Phi) is 3.22. The van der Waals surface area contributed by atoms with Gasteiger partial charge in [-0.1, -0.05) is 24.3 Å². The van der Waals surface area contributed by atoms with Gasteiger partial charge in [0.2, 0.25) is 0 Å². The number of para-hydroxylation sites is 1. The summed E-state index contributed by atoms with van der Waals surface area (Å²) in [5.41, 5.74) is 9.72. The van der Waals surface area contributed by atoms with Crippen LogP contribution < -0.4 is 5.73 Å². The summed E-state index contributed by atoms with van der Waals surface area (Å²) < 4.78 is 0. The number of nitrogen functional groups attached to an aromatic ring is 1. The van der Waals surface area contributed by atoms with E-state index in [1.807, 2.05) is 30.3 Å². The number of aromatic nitrogens is 1. The van der Waals surface area contributed by atoms with Gasteiger partial charge in [0.1, 0.15) is 0 Å². The van der Waals surface area contributed by atoms with Crippen molar-refractivity contribution in [2.75, 3.05) is 5.73 Å². The van der Waals surface area contributed by atoms with Crippen molar-refractivity contribution in [3.05, 3.63) is 59.4 Å². The Hall–Kier alpha value is -1.87. The molecule has 2 unspecified atom stereocenters. The summed E-state index contributed by atoms with van der Waals surface area (Å²) >= 11 is 0. The Morgan fingerprint density at radius 3 is 2.89 bits per heavy atom. The first kappa shape index (κ1) is 12.2. The standard InChI is InChI=1S/C16H18N2O/c17-14-9-2-1-7-12(14)16(19)13-8-3-5-11-6-4-10-18-15(11)13/h1-2,4,6-7,9-10,13,16,19H,3,5,8,17H2. The molecule has 2 aromatic rings. The number of nitrogens with zero attached hydrogens (tertiary/aromatic N) is 1. The third kappa shape index (κ3) is 2.22. The van der Waals surface area contributed by atoms with Crippen LogP contribution in [0.25, 0.3) is 0 Å². The van der Waals surface area contributed by atoms with E-state index in [0.29, 0.717) is 5.69 Å². The van der Waals surface area contributed by atoms with Crippen molar-refractivity contribution in [1.29, 1.82) is 0 Å². The second-order valence-corrected chi connectivity index (χ2v) is 5.12. The first-order valence-electron chi connectivity index (χ1n) is 6.73. The van der Waals surface area contributed by atoms with E-state index in [-0.39, 0.29) is 5.92 Å². The van der Waals surface area contributed by atoms with Crippen molar-refractivity contribution in [1.82, 2.24) is 4.98 Å². The summed E-state index contributed by atoms with van der Waals surface area (Å²) in [4.78, 5) is 4.48. The zero-order valence-electron chi connectivity index (χ0n) is 10.8. The van der Waals surface area contributed by atoms with E-state index in [0.717, 1.165) is 30.5 Å². The van der Waals surface area contributed by atoms with Crippen LogP contribution in [0.5, 0.6) is 0 Å². The average molecular weight is 254 g/mol. The largest absolute Gasteiger partial charge is 0.398 e. The van der Waals surface area contributed by atoms with Gasteiger partial charge in [-0.3, -0.25) is 4.98 Å². The molecule has 1 heterocycles. The summed E-state index contributed by atoms with van der Waals surface area (Å²) in [5, 5.41) is 10.7. The van der Waals surface area contributed by atoms with Crippen LogP contribution in [0.15, 0.2) is 42.6 Å². The van der Waals surface area contributed by atoms with Gasteiger partial charge in [-0.2, -0.15) is 0 Å². The number of aliphatic hydroxyl groups excluding tert-OH is 1. The number of aryl methyl sites for hydroxylation is 1. The minimum absolute atomic E-state index is 0.0506. The van der Waals surface area contributed by atoms with Gasteiger partial charge in [-0.25, -0.2) is 0 Å². The molecule has 3 heteroatoms. The summed E-state index contributed by atoms with van der Waals surface area (Å²) in [6.45, 7) is 0. The van der Waals surface area contributed by atoms with E-state index in [1.54, 1.807) is 6.20 Å². The molecular weight excluding hydrogens is 236 g/mol. The molecule has 0 aliphatic heterocycles. The summed E-state index contributed by atoms with van der Waals surface area (Å²) in [7, 11) is 0. The number of hydrogen-bond donors (Lipinski definition) is 2. The Morgan fingerprint density at radius 1 is 1.21 bits per heavy atom. The topological polar surface area (TPSA) is 59.1 Å². The van der Waals surface area contributed by atoms with Crippen molar-refractivity contribution < 1.29 is 5.11 Å². The van der Waals surface area contributed by atoms with Crippen LogP contribution in [0.4, 0.5) is 5.69 Å². The molecule has 3 nitrogen and oxygen atoms in total. The van der Waals surface area contributed by atoms with E-state index in [9.17, 15) is 5.11 Å². The molecule has 0 amide bonds. The average Bonchev–Trinajstić information content (AvgIpc) is 2.46. The lowest BCUT2D eigenvalue weighted by molar-refractivity contribution is 0.134. The van der Waals surface area contributed by atoms with Crippen molar-refractivity contribution in [3.63, 3.8) is 0 Å². The Labute approximate surface area is 113 Å². The Bertz CT molecular complexity index is 582. The predicted octanol–water partition coefficient (Wildman–Crippen LogP) is 2.82. The van der Waals surface area contributed by atoms with Crippen LogP contribution >= 0.6 is 0 Å². The first-order chi connectivity index (χ1) is 9.27. The molecular formula is C16H18N2O. The second-order valence-electron chi connectivity index (χ2n) is 5.12. The van der Waals surface area contributed by atoms with Crippen molar-refractivity contribution in [2.24, 2.45) is 0 Å². The van der Waals surface area contributed by atoms with Crippen molar-refractivity contribution in [3.8, 4) is 0 Å². The van der Waals surface area contributed by atoms with Gasteiger partial charge < -0.3 is 10.8 Å². The maximum absolute atomic E-state index is 10.7. The molecule has 3 rings (SSSR count). The molecule has 0 fully saturated rings. The van der Waals surface area contributed by atoms with Gasteiger partial charge in [-0.15, -0.1) is 0 Å². The number of aliphatic hydroxyl groups is 1. The van der Waals surface area contributed by atoms with Crippen molar-refractivity contribution in [2.45, 2.75) is 31.3 Å². The van der Waals surface area contributed by atoms with Gasteiger partial charge >= 0.3 is 0 Å². The second kappa shape index (κ2) is 5.02. The lowest BCUT2D eigenvalue weighted by Crippen LogP contribution is -2.19. The normalized spacial score (nSPS) is 19.7. The maximum atomic E-state index is 10.7. The van der Waals surface area contributed by atoms with E-state index in [4.69, 9.17) is 5.73 Å². The first-order valence-corrected chi connectivity index (χ1v) is 6.73. The third-order valence-electron chi connectivity index (χ3n) is 3.93. The van der Waals surface area contributed by atoms with E-state index < -0.39 is 6.10 Å². The molecule has 2 atom stereocenters. The predicted molar refractivity (Wildman–Crippen MR) is 75.7 cm³/mol. The van der Waals surface area contributed by atoms with E-state index in [1.165, 1.54) is 5.56 Å². The lowest BCUT2D eigenvalue weighted by Gasteiger charge is -2.29. The van der Waals surface area contributed by atoms with Gasteiger partial charge in [0, 0.05) is 29.1 Å². The molecule has 0 bridgehead atoms. The Morgan fingerprint density at radius 2 is 2.05 bits per heavy atom. The number of pyridine rings is 1. The van der Waals surface area contributed by atoms with E-state index in [2.05, 4.69) is 11.1 Å². The van der Waals surface area contributed by atoms with Crippen LogP contribution in [-0.4, -0.2) is 10.1 Å². The SMILES string of the molecule is Nc1ccccc1C(O)C1CCCc2cccnc21. The molecule has 1 aromatic carbocycles. The summed E-state index contributed by atoms with van der Waals surface area (Å²) in [5.74, 6) is 0.0506. The summed E-state index contributed by atoms with van der Waals surface area (Å²) in [6.07, 6.45) is 4.33. The van der Waals surface area contributed by atoms with Crippen LogP contribution in [-0.2, 0) is 6.42 Å². The van der Waals surface area contributed by atoms with Crippen LogP contribution in [0.1, 0.15) is 41.7 Å². The highest BCUT2D eigenvalue weighted by atomic mass is 16.3. The minimum atomic E-state index is -0.574. The van der Waals surface area contributed by atoms with Crippen LogP contribution in [0, 0.1) is 0 Å². The van der Waals surface area contributed by atoms with Crippen LogP contribution in [0.3, 0.4) is 0 Å². The number of benzene rings is 1. The highest BCUT2D eigenvalue weighted by Gasteiger charge is 2.29. The molecule has 19 heavy (non-hydrogen) atoms. The molecule has 0 spiro atoms. The quantitative estimate of drug-likeness (QED) is 0.810. The third-order valence-corrected chi connectivity index (χ3v) is 3.93. The fraction of sp³-hybridized carbons (Fsp3) is 0.312. The lowest BCUT2D eigenvalue weighted by atomic mass is 9.81. The van der Waals surface area contributed by atoms with Gasteiger partial charge in [0.15, 0.2) is 0 Å². The number of nitrogens with two attached hydrogens (primary N) is 1. The van der Waals surface area contributed by atoms with Gasteiger partial charge in [-0.05, 0) is 37.0 Å². The molecule has 0 saturated heterocycles. The van der Waals surface area contributed by atoms with Crippen LogP contribution in [0.2, 0.25) is 0 Å². The number of anilines is 1. The number of rotatable bonds is 2. The fourth-order valence-corrected chi connectivity index (χ4v) is 2.95. The number of fused-ring (bicyclic) bond motifs is 1. The molecule has 1 aliphatic carbocycles. The highest BCUT2D eigenvalue weighted by molar-refractivity contribution is 5.48. The zero-order chi connectivity index (χ0) is 13.2. The zero-order valence-corrected chi connectivity index (χ0v) is 10.8. The van der Waals surface area contributed by atoms with Gasteiger partial charge in [0.05, 0.1) is 6.10 Å². The van der Waals surface area contributed by atoms with E-state index >= 15 is 0 Å². The fourth-order valence-electron chi connectivity index (χ4n) is 2.95. The smallest absolute Gasteiger partial charge is 0.0893 e. The molecule has 0 saturated carbocycles. The molecule has 1 aromatic heterocycles. The maximum Gasteiger partial charge on any atom is 0.0893 e. The molecule has 3 N–H and O–H groups in total. The summed E-state index contributed by atoms with van der Waals surface area (Å²) in [6, 6.07) is 11.6. The molecule has 0 radical (unpaired) electrons.